The van der Waals surface area contributed by atoms with Gasteiger partial charge in [-0.15, -0.1) is 0 Å². The third-order valence-corrected chi connectivity index (χ3v) is 3.39. The Hall–Kier alpha value is -1.09. The van der Waals surface area contributed by atoms with E-state index in [0.717, 1.165) is 5.57 Å². The lowest BCUT2D eigenvalue weighted by Crippen LogP contribution is -2.36. The SMILES string of the molecule is C=C/C(=C\C)C(C)N1CC(C(C)O)CC1=O. The minimum Gasteiger partial charge on any atom is -0.393 e. The zero-order chi connectivity index (χ0) is 12.3. The van der Waals surface area contributed by atoms with Crippen molar-refractivity contribution in [3.8, 4) is 0 Å². The topological polar surface area (TPSA) is 40.5 Å². The summed E-state index contributed by atoms with van der Waals surface area (Å²) in [7, 11) is 0. The fraction of sp³-hybridized carbons (Fsp3) is 0.615. The Bertz CT molecular complexity index is 307. The van der Waals surface area contributed by atoms with Gasteiger partial charge in [0, 0.05) is 18.9 Å². The van der Waals surface area contributed by atoms with Crippen molar-refractivity contribution >= 4 is 5.91 Å². The summed E-state index contributed by atoms with van der Waals surface area (Å²) in [5, 5.41) is 9.51. The molecule has 1 N–H and O–H groups in total. The maximum Gasteiger partial charge on any atom is 0.223 e. The highest BCUT2D eigenvalue weighted by Crippen LogP contribution is 2.25. The van der Waals surface area contributed by atoms with Crippen LogP contribution in [0.3, 0.4) is 0 Å². The fourth-order valence-electron chi connectivity index (χ4n) is 2.17. The molecule has 1 aliphatic heterocycles. The number of hydrogen-bond donors (Lipinski definition) is 1. The highest BCUT2D eigenvalue weighted by Gasteiger charge is 2.35. The minimum atomic E-state index is -0.418. The summed E-state index contributed by atoms with van der Waals surface area (Å²) in [6, 6.07) is 0.0544. The van der Waals surface area contributed by atoms with Crippen LogP contribution < -0.4 is 0 Å². The van der Waals surface area contributed by atoms with E-state index < -0.39 is 6.10 Å². The number of carbonyl (C=O) groups excluding carboxylic acids is 1. The smallest absolute Gasteiger partial charge is 0.223 e. The van der Waals surface area contributed by atoms with Gasteiger partial charge in [-0.3, -0.25) is 4.79 Å². The first kappa shape index (κ1) is 13.0. The van der Waals surface area contributed by atoms with Crippen LogP contribution in [-0.4, -0.2) is 34.6 Å². The first-order valence-corrected chi connectivity index (χ1v) is 5.77. The molecule has 0 aromatic heterocycles. The average Bonchev–Trinajstić information content (AvgIpc) is 2.62. The maximum absolute atomic E-state index is 11.8. The lowest BCUT2D eigenvalue weighted by molar-refractivity contribution is -0.128. The van der Waals surface area contributed by atoms with Crippen molar-refractivity contribution in [3.63, 3.8) is 0 Å². The number of amides is 1. The second kappa shape index (κ2) is 5.30. The Kier molecular flexibility index (Phi) is 4.30. The molecule has 3 heteroatoms. The Morgan fingerprint density at radius 1 is 1.62 bits per heavy atom. The quantitative estimate of drug-likeness (QED) is 0.737. The molecule has 3 atom stereocenters. The monoisotopic (exact) mass is 223 g/mol. The molecule has 1 rings (SSSR count). The van der Waals surface area contributed by atoms with Crippen LogP contribution in [0.5, 0.6) is 0 Å². The molecule has 0 aliphatic carbocycles. The van der Waals surface area contributed by atoms with Crippen LogP contribution in [-0.2, 0) is 4.79 Å². The highest BCUT2D eigenvalue weighted by molar-refractivity contribution is 5.79. The molecule has 1 heterocycles. The Morgan fingerprint density at radius 3 is 2.62 bits per heavy atom. The van der Waals surface area contributed by atoms with Crippen molar-refractivity contribution < 1.29 is 9.90 Å². The molecule has 16 heavy (non-hydrogen) atoms. The molecule has 1 fully saturated rings. The molecule has 0 saturated carbocycles. The van der Waals surface area contributed by atoms with Crippen LogP contribution in [0, 0.1) is 5.92 Å². The molecule has 90 valence electrons. The van der Waals surface area contributed by atoms with Gasteiger partial charge in [0.1, 0.15) is 0 Å². The molecule has 0 aromatic rings. The van der Waals surface area contributed by atoms with Gasteiger partial charge in [-0.2, -0.15) is 0 Å². The molecule has 0 radical (unpaired) electrons. The van der Waals surface area contributed by atoms with E-state index in [1.54, 1.807) is 13.0 Å². The van der Waals surface area contributed by atoms with Gasteiger partial charge in [-0.25, -0.2) is 0 Å². The van der Waals surface area contributed by atoms with Crippen molar-refractivity contribution in [2.75, 3.05) is 6.54 Å². The first-order valence-electron chi connectivity index (χ1n) is 5.77. The third kappa shape index (κ3) is 2.53. The molecule has 0 spiro atoms. The number of likely N-dealkylation sites (tertiary alicyclic amines) is 1. The zero-order valence-corrected chi connectivity index (χ0v) is 10.3. The van der Waals surface area contributed by atoms with Crippen molar-refractivity contribution in [2.45, 2.75) is 39.3 Å². The van der Waals surface area contributed by atoms with Gasteiger partial charge in [0.25, 0.3) is 0 Å². The Labute approximate surface area is 97.4 Å². The number of rotatable bonds is 4. The van der Waals surface area contributed by atoms with Crippen molar-refractivity contribution in [1.29, 1.82) is 0 Å². The molecule has 1 saturated heterocycles. The zero-order valence-electron chi connectivity index (χ0n) is 10.3. The number of aliphatic hydroxyl groups excluding tert-OH is 1. The predicted molar refractivity (Wildman–Crippen MR) is 64.9 cm³/mol. The number of aliphatic hydroxyl groups is 1. The molecule has 0 bridgehead atoms. The number of allylic oxidation sites excluding steroid dienone is 1. The van der Waals surface area contributed by atoms with E-state index >= 15 is 0 Å². The summed E-state index contributed by atoms with van der Waals surface area (Å²) in [6.07, 6.45) is 3.80. The summed E-state index contributed by atoms with van der Waals surface area (Å²) < 4.78 is 0. The van der Waals surface area contributed by atoms with Crippen molar-refractivity contribution in [3.05, 3.63) is 24.3 Å². The summed E-state index contributed by atoms with van der Waals surface area (Å²) in [4.78, 5) is 13.6. The van der Waals surface area contributed by atoms with E-state index in [9.17, 15) is 9.90 Å². The van der Waals surface area contributed by atoms with Gasteiger partial charge in [0.2, 0.25) is 5.91 Å². The lowest BCUT2D eigenvalue weighted by Gasteiger charge is -2.26. The molecular formula is C13H21NO2. The van der Waals surface area contributed by atoms with Crippen LogP contribution in [0.4, 0.5) is 0 Å². The van der Waals surface area contributed by atoms with E-state index in [1.165, 1.54) is 0 Å². The molecule has 1 aliphatic rings. The molecule has 3 unspecified atom stereocenters. The number of nitrogens with zero attached hydrogens (tertiary/aromatic N) is 1. The summed E-state index contributed by atoms with van der Waals surface area (Å²) in [6.45, 7) is 10.1. The average molecular weight is 223 g/mol. The van der Waals surface area contributed by atoms with Gasteiger partial charge in [-0.05, 0) is 26.3 Å². The van der Waals surface area contributed by atoms with E-state index in [1.807, 2.05) is 24.8 Å². The van der Waals surface area contributed by atoms with Crippen LogP contribution in [0.25, 0.3) is 0 Å². The van der Waals surface area contributed by atoms with Gasteiger partial charge in [-0.1, -0.05) is 18.7 Å². The summed E-state index contributed by atoms with van der Waals surface area (Å²) >= 11 is 0. The van der Waals surface area contributed by atoms with E-state index in [-0.39, 0.29) is 17.9 Å². The van der Waals surface area contributed by atoms with Gasteiger partial charge in [0.15, 0.2) is 0 Å². The molecule has 1 amide bonds. The van der Waals surface area contributed by atoms with Gasteiger partial charge in [0.05, 0.1) is 12.1 Å². The molecule has 0 aromatic carbocycles. The van der Waals surface area contributed by atoms with Gasteiger partial charge >= 0.3 is 0 Å². The largest absolute Gasteiger partial charge is 0.393 e. The van der Waals surface area contributed by atoms with Gasteiger partial charge < -0.3 is 10.0 Å². The normalized spacial score (nSPS) is 25.8. The lowest BCUT2D eigenvalue weighted by atomic mass is 10.0. The molecule has 3 nitrogen and oxygen atoms in total. The number of hydrogen-bond acceptors (Lipinski definition) is 2. The summed E-state index contributed by atoms with van der Waals surface area (Å²) in [5.74, 6) is 0.192. The van der Waals surface area contributed by atoms with Crippen molar-refractivity contribution in [2.24, 2.45) is 5.92 Å². The third-order valence-electron chi connectivity index (χ3n) is 3.39. The van der Waals surface area contributed by atoms with Crippen molar-refractivity contribution in [1.82, 2.24) is 4.90 Å². The fourth-order valence-corrected chi connectivity index (χ4v) is 2.17. The number of carbonyl (C=O) groups is 1. The summed E-state index contributed by atoms with van der Waals surface area (Å²) in [5.41, 5.74) is 1.06. The predicted octanol–water partition coefficient (Wildman–Crippen LogP) is 1.74. The molecular weight excluding hydrogens is 202 g/mol. The van der Waals surface area contributed by atoms with E-state index in [0.29, 0.717) is 13.0 Å². The van der Waals surface area contributed by atoms with E-state index in [2.05, 4.69) is 6.58 Å². The van der Waals surface area contributed by atoms with Crippen LogP contribution in [0.2, 0.25) is 0 Å². The maximum atomic E-state index is 11.8. The highest BCUT2D eigenvalue weighted by atomic mass is 16.3. The minimum absolute atomic E-state index is 0.0544. The second-order valence-electron chi connectivity index (χ2n) is 4.42. The first-order chi connectivity index (χ1) is 7.51. The van der Waals surface area contributed by atoms with Crippen LogP contribution in [0.1, 0.15) is 27.2 Å². The van der Waals surface area contributed by atoms with E-state index in [4.69, 9.17) is 0 Å². The standard InChI is InChI=1S/C13H21NO2/c1-5-11(6-2)9(3)14-8-12(10(4)15)7-13(14)16/h5-6,9-10,12,15H,1,7-8H2,2-4H3/b11-6+. The second-order valence-corrected chi connectivity index (χ2v) is 4.42. The van der Waals surface area contributed by atoms with Crippen LogP contribution >= 0.6 is 0 Å². The Balaban J connectivity index is 2.75. The Morgan fingerprint density at radius 2 is 2.25 bits per heavy atom. The van der Waals surface area contributed by atoms with Crippen LogP contribution in [0.15, 0.2) is 24.3 Å².